The van der Waals surface area contributed by atoms with Crippen LogP contribution < -0.4 is 0 Å². The van der Waals surface area contributed by atoms with Crippen molar-refractivity contribution in [2.75, 3.05) is 13.2 Å². The highest BCUT2D eigenvalue weighted by Gasteiger charge is 2.20. The van der Waals surface area contributed by atoms with Gasteiger partial charge in [0.05, 0.1) is 13.2 Å². The smallest absolute Gasteiger partial charge is 0.357 e. The van der Waals surface area contributed by atoms with Gasteiger partial charge in [-0.1, -0.05) is 32.0 Å². The van der Waals surface area contributed by atoms with Gasteiger partial charge in [0.1, 0.15) is 5.01 Å². The molecule has 6 heteroatoms. The van der Waals surface area contributed by atoms with Crippen molar-refractivity contribution < 1.29 is 14.3 Å². The Kier molecular flexibility index (Phi) is 7.33. The van der Waals surface area contributed by atoms with Crippen LogP contribution in [0.25, 0.3) is 0 Å². The molecule has 140 valence electrons. The number of aryl methyl sites for hydroxylation is 1. The molecule has 0 aliphatic heterocycles. The summed E-state index contributed by atoms with van der Waals surface area (Å²) < 4.78 is 4.98. The number of rotatable bonds is 8. The Bertz CT molecular complexity index is 755. The van der Waals surface area contributed by atoms with Gasteiger partial charge < -0.3 is 9.64 Å². The first-order valence-electron chi connectivity index (χ1n) is 8.88. The zero-order chi connectivity index (χ0) is 19.1. The highest BCUT2D eigenvalue weighted by Crippen LogP contribution is 2.18. The lowest BCUT2D eigenvalue weighted by Crippen LogP contribution is -2.32. The highest BCUT2D eigenvalue weighted by molar-refractivity contribution is 7.09. The van der Waals surface area contributed by atoms with Gasteiger partial charge in [0.25, 0.3) is 5.91 Å². The van der Waals surface area contributed by atoms with E-state index in [1.165, 1.54) is 11.3 Å². The molecule has 0 fully saturated rings. The molecule has 1 amide bonds. The summed E-state index contributed by atoms with van der Waals surface area (Å²) in [4.78, 5) is 31.0. The van der Waals surface area contributed by atoms with Gasteiger partial charge in [-0.25, -0.2) is 9.78 Å². The molecule has 0 aliphatic rings. The van der Waals surface area contributed by atoms with Crippen LogP contribution in [0, 0.1) is 12.8 Å². The molecule has 1 aromatic heterocycles. The predicted molar refractivity (Wildman–Crippen MR) is 103 cm³/mol. The average molecular weight is 375 g/mol. The normalized spacial score (nSPS) is 10.8. The molecule has 0 radical (unpaired) electrons. The van der Waals surface area contributed by atoms with Crippen LogP contribution >= 0.6 is 11.3 Å². The standard InChI is InChI=1S/C20H26N2O3S/c1-5-25-20(24)17-13-26-18(21-17)12-22(11-10-14(2)3)19(23)16-9-7-6-8-15(16)4/h6-9,13-14H,5,10-12H2,1-4H3. The summed E-state index contributed by atoms with van der Waals surface area (Å²) in [5.41, 5.74) is 1.97. The number of carbonyl (C=O) groups is 2. The quantitative estimate of drug-likeness (QED) is 0.646. The average Bonchev–Trinajstić information content (AvgIpc) is 3.07. The van der Waals surface area contributed by atoms with Gasteiger partial charge >= 0.3 is 5.97 Å². The van der Waals surface area contributed by atoms with Gasteiger partial charge in [0, 0.05) is 17.5 Å². The minimum absolute atomic E-state index is 0.00312. The first-order valence-corrected chi connectivity index (χ1v) is 9.76. The third kappa shape index (κ3) is 5.39. The van der Waals surface area contributed by atoms with Crippen LogP contribution in [-0.2, 0) is 11.3 Å². The molecule has 1 heterocycles. The van der Waals surface area contributed by atoms with E-state index in [9.17, 15) is 9.59 Å². The topological polar surface area (TPSA) is 59.5 Å². The molecule has 0 unspecified atom stereocenters. The van der Waals surface area contributed by atoms with Gasteiger partial charge in [0.2, 0.25) is 0 Å². The summed E-state index contributed by atoms with van der Waals surface area (Å²) in [6, 6.07) is 7.60. The van der Waals surface area contributed by atoms with Crippen LogP contribution in [0.2, 0.25) is 0 Å². The van der Waals surface area contributed by atoms with E-state index in [2.05, 4.69) is 18.8 Å². The number of nitrogens with zero attached hydrogens (tertiary/aromatic N) is 2. The molecule has 2 rings (SSSR count). The number of benzene rings is 1. The molecule has 0 spiro atoms. The Balaban J connectivity index is 2.18. The number of hydrogen-bond acceptors (Lipinski definition) is 5. The van der Waals surface area contributed by atoms with Crippen molar-refractivity contribution >= 4 is 23.2 Å². The van der Waals surface area contributed by atoms with E-state index < -0.39 is 5.97 Å². The Hall–Kier alpha value is -2.21. The lowest BCUT2D eigenvalue weighted by atomic mass is 10.1. The SMILES string of the molecule is CCOC(=O)c1csc(CN(CCC(C)C)C(=O)c2ccccc2C)n1. The van der Waals surface area contributed by atoms with Gasteiger partial charge in [-0.3, -0.25) is 4.79 Å². The van der Waals surface area contributed by atoms with Crippen LogP contribution in [0.1, 0.15) is 58.6 Å². The Morgan fingerprint density at radius 2 is 2.00 bits per heavy atom. The van der Waals surface area contributed by atoms with Crippen molar-refractivity contribution in [1.82, 2.24) is 9.88 Å². The second-order valence-electron chi connectivity index (χ2n) is 6.57. The minimum atomic E-state index is -0.422. The molecule has 2 aromatic rings. The first-order chi connectivity index (χ1) is 12.4. The van der Waals surface area contributed by atoms with Crippen LogP contribution in [-0.4, -0.2) is 34.9 Å². The Morgan fingerprint density at radius 1 is 1.27 bits per heavy atom. The highest BCUT2D eigenvalue weighted by atomic mass is 32.1. The number of ether oxygens (including phenoxy) is 1. The van der Waals surface area contributed by atoms with Crippen molar-refractivity contribution in [3.8, 4) is 0 Å². The van der Waals surface area contributed by atoms with E-state index >= 15 is 0 Å². The zero-order valence-electron chi connectivity index (χ0n) is 15.8. The molecule has 0 saturated carbocycles. The molecule has 0 bridgehead atoms. The summed E-state index contributed by atoms with van der Waals surface area (Å²) >= 11 is 1.38. The molecule has 5 nitrogen and oxygen atoms in total. The lowest BCUT2D eigenvalue weighted by Gasteiger charge is -2.23. The van der Waals surface area contributed by atoms with Crippen molar-refractivity contribution in [2.45, 2.75) is 40.7 Å². The molecular weight excluding hydrogens is 348 g/mol. The number of carbonyl (C=O) groups excluding carboxylic acids is 2. The van der Waals surface area contributed by atoms with Gasteiger partial charge in [-0.05, 0) is 37.8 Å². The van der Waals surface area contributed by atoms with Crippen molar-refractivity contribution in [2.24, 2.45) is 5.92 Å². The molecule has 26 heavy (non-hydrogen) atoms. The summed E-state index contributed by atoms with van der Waals surface area (Å²) in [5.74, 6) is 0.0687. The summed E-state index contributed by atoms with van der Waals surface area (Å²) in [6.45, 7) is 9.34. The monoisotopic (exact) mass is 374 g/mol. The van der Waals surface area contributed by atoms with Crippen molar-refractivity contribution in [3.63, 3.8) is 0 Å². The van der Waals surface area contributed by atoms with Crippen molar-refractivity contribution in [1.29, 1.82) is 0 Å². The maximum Gasteiger partial charge on any atom is 0.357 e. The van der Waals surface area contributed by atoms with E-state index in [-0.39, 0.29) is 5.91 Å². The lowest BCUT2D eigenvalue weighted by molar-refractivity contribution is 0.0520. The van der Waals surface area contributed by atoms with Gasteiger partial charge in [-0.15, -0.1) is 11.3 Å². The second-order valence-corrected chi connectivity index (χ2v) is 7.51. The van der Waals surface area contributed by atoms with Crippen LogP contribution in [0.15, 0.2) is 29.6 Å². The maximum absolute atomic E-state index is 13.0. The molecule has 0 atom stereocenters. The van der Waals surface area contributed by atoms with Crippen LogP contribution in [0.5, 0.6) is 0 Å². The summed E-state index contributed by atoms with van der Waals surface area (Å²) in [5, 5.41) is 2.42. The van der Waals surface area contributed by atoms with Crippen LogP contribution in [0.4, 0.5) is 0 Å². The van der Waals surface area contributed by atoms with E-state index in [0.29, 0.717) is 36.9 Å². The number of aromatic nitrogens is 1. The first kappa shape index (κ1) is 20.1. The number of thiazole rings is 1. The number of esters is 1. The van der Waals surface area contributed by atoms with Crippen molar-refractivity contribution in [3.05, 3.63) is 51.5 Å². The summed E-state index contributed by atoms with van der Waals surface area (Å²) in [7, 11) is 0. The fourth-order valence-electron chi connectivity index (χ4n) is 2.50. The number of hydrogen-bond donors (Lipinski definition) is 0. The molecule has 1 aromatic carbocycles. The minimum Gasteiger partial charge on any atom is -0.461 e. The predicted octanol–water partition coefficient (Wildman–Crippen LogP) is 4.32. The zero-order valence-corrected chi connectivity index (χ0v) is 16.6. The molecular formula is C20H26N2O3S. The van der Waals surface area contributed by atoms with E-state index in [1.54, 1.807) is 12.3 Å². The molecule has 0 aliphatic carbocycles. The fourth-order valence-corrected chi connectivity index (χ4v) is 3.27. The third-order valence-corrected chi connectivity index (χ3v) is 4.84. The third-order valence-electron chi connectivity index (χ3n) is 4.00. The summed E-state index contributed by atoms with van der Waals surface area (Å²) in [6.07, 6.45) is 0.910. The number of amides is 1. The molecule has 0 saturated heterocycles. The maximum atomic E-state index is 13.0. The van der Waals surface area contributed by atoms with E-state index in [0.717, 1.165) is 17.0 Å². The molecule has 0 N–H and O–H groups in total. The largest absolute Gasteiger partial charge is 0.461 e. The van der Waals surface area contributed by atoms with E-state index in [4.69, 9.17) is 4.74 Å². The Morgan fingerprint density at radius 3 is 2.65 bits per heavy atom. The van der Waals surface area contributed by atoms with Gasteiger partial charge in [0.15, 0.2) is 5.69 Å². The Labute approximate surface area is 159 Å². The van der Waals surface area contributed by atoms with E-state index in [1.807, 2.05) is 36.1 Å². The van der Waals surface area contributed by atoms with Crippen LogP contribution in [0.3, 0.4) is 0 Å². The second kappa shape index (κ2) is 9.48. The fraction of sp³-hybridized carbons (Fsp3) is 0.450. The van der Waals surface area contributed by atoms with Gasteiger partial charge in [-0.2, -0.15) is 0 Å².